The van der Waals surface area contributed by atoms with Crippen molar-refractivity contribution in [1.29, 1.82) is 0 Å². The molecule has 3 atom stereocenters. The minimum Gasteiger partial charge on any atom is -0.481 e. The van der Waals surface area contributed by atoms with Gasteiger partial charge in [-0.15, -0.1) is 0 Å². The molecule has 1 fully saturated rings. The van der Waals surface area contributed by atoms with Gasteiger partial charge in [0.05, 0.1) is 11.8 Å². The highest BCUT2D eigenvalue weighted by Gasteiger charge is 2.44. The number of hydrogen-bond acceptors (Lipinski definition) is 3. The van der Waals surface area contributed by atoms with Crippen LogP contribution in [-0.4, -0.2) is 36.0 Å². The van der Waals surface area contributed by atoms with E-state index in [0.717, 1.165) is 25.7 Å². The summed E-state index contributed by atoms with van der Waals surface area (Å²) in [6.07, 6.45) is 4.15. The van der Waals surface area contributed by atoms with E-state index in [9.17, 15) is 19.5 Å². The Kier molecular flexibility index (Phi) is 9.58. The van der Waals surface area contributed by atoms with Crippen molar-refractivity contribution in [3.05, 3.63) is 0 Å². The Bertz CT molecular complexity index is 622. The lowest BCUT2D eigenvalue weighted by Gasteiger charge is -2.40. The maximum absolute atomic E-state index is 13.4. The SMILES string of the molecule is CNC(=O)[C@@H](NC(=O)[C@H](CC(C)C)[C@@H](C(=O)O)C1CCC(C(C)(C)C)CC1)C(C)(C)C. The average molecular weight is 439 g/mol. The molecular weight excluding hydrogens is 392 g/mol. The van der Waals surface area contributed by atoms with E-state index in [4.69, 9.17) is 0 Å². The van der Waals surface area contributed by atoms with Crippen LogP contribution in [0.1, 0.15) is 87.5 Å². The van der Waals surface area contributed by atoms with E-state index in [1.165, 1.54) is 0 Å². The zero-order valence-corrected chi connectivity index (χ0v) is 21.2. The normalized spacial score (nSPS) is 23.0. The summed E-state index contributed by atoms with van der Waals surface area (Å²) in [5.41, 5.74) is -0.270. The Labute approximate surface area is 189 Å². The number of carbonyl (C=O) groups excluding carboxylic acids is 2. The van der Waals surface area contributed by atoms with Gasteiger partial charge in [-0.2, -0.15) is 0 Å². The number of carbonyl (C=O) groups is 3. The highest BCUT2D eigenvalue weighted by molar-refractivity contribution is 5.91. The second-order valence-electron chi connectivity index (χ2n) is 12.0. The van der Waals surface area contributed by atoms with Crippen LogP contribution in [0.4, 0.5) is 0 Å². The molecule has 0 heterocycles. The quantitative estimate of drug-likeness (QED) is 0.521. The second kappa shape index (κ2) is 10.8. The lowest BCUT2D eigenvalue weighted by Crippen LogP contribution is -2.55. The van der Waals surface area contributed by atoms with Gasteiger partial charge in [-0.25, -0.2) is 0 Å². The van der Waals surface area contributed by atoms with Crippen LogP contribution in [0.3, 0.4) is 0 Å². The summed E-state index contributed by atoms with van der Waals surface area (Å²) in [5.74, 6) is -2.11. The third kappa shape index (κ3) is 7.80. The molecule has 0 aromatic rings. The molecule has 0 aromatic carbocycles. The van der Waals surface area contributed by atoms with E-state index < -0.39 is 29.3 Å². The molecule has 0 unspecified atom stereocenters. The molecule has 0 radical (unpaired) electrons. The number of hydrogen-bond donors (Lipinski definition) is 3. The Morgan fingerprint density at radius 3 is 1.81 bits per heavy atom. The minimum absolute atomic E-state index is 0.0151. The molecule has 180 valence electrons. The number of carboxylic acids is 1. The molecule has 3 N–H and O–H groups in total. The van der Waals surface area contributed by atoms with Crippen LogP contribution in [-0.2, 0) is 14.4 Å². The van der Waals surface area contributed by atoms with Crippen LogP contribution in [0.5, 0.6) is 0 Å². The first-order chi connectivity index (χ1) is 14.1. The van der Waals surface area contributed by atoms with Gasteiger partial charge in [-0.1, -0.05) is 55.4 Å². The van der Waals surface area contributed by atoms with Crippen LogP contribution < -0.4 is 10.6 Å². The van der Waals surface area contributed by atoms with Crippen molar-refractivity contribution < 1.29 is 19.5 Å². The molecule has 0 spiro atoms. The Balaban J connectivity index is 3.14. The van der Waals surface area contributed by atoms with Gasteiger partial charge in [0.2, 0.25) is 11.8 Å². The van der Waals surface area contributed by atoms with Crippen LogP contribution in [0, 0.1) is 40.4 Å². The van der Waals surface area contributed by atoms with Gasteiger partial charge in [0, 0.05) is 7.05 Å². The zero-order chi connectivity index (χ0) is 24.1. The van der Waals surface area contributed by atoms with E-state index in [-0.39, 0.29) is 29.1 Å². The fourth-order valence-corrected chi connectivity index (χ4v) is 5.04. The maximum atomic E-state index is 13.4. The van der Waals surface area contributed by atoms with E-state index in [1.54, 1.807) is 7.05 Å². The zero-order valence-electron chi connectivity index (χ0n) is 21.2. The van der Waals surface area contributed by atoms with Crippen LogP contribution in [0.15, 0.2) is 0 Å². The topological polar surface area (TPSA) is 95.5 Å². The molecule has 0 bridgehead atoms. The van der Waals surface area contributed by atoms with Crippen molar-refractivity contribution in [2.45, 2.75) is 93.5 Å². The molecule has 0 aromatic heterocycles. The molecule has 0 saturated heterocycles. The molecule has 31 heavy (non-hydrogen) atoms. The van der Waals surface area contributed by atoms with Crippen molar-refractivity contribution in [3.8, 4) is 0 Å². The highest BCUT2D eigenvalue weighted by atomic mass is 16.4. The number of nitrogens with one attached hydrogen (secondary N) is 2. The molecular formula is C25H46N2O4. The summed E-state index contributed by atoms with van der Waals surface area (Å²) in [5, 5.41) is 15.7. The molecule has 1 aliphatic carbocycles. The Morgan fingerprint density at radius 1 is 0.935 bits per heavy atom. The van der Waals surface area contributed by atoms with Gasteiger partial charge in [0.25, 0.3) is 0 Å². The monoisotopic (exact) mass is 438 g/mol. The number of aliphatic carboxylic acids is 1. The van der Waals surface area contributed by atoms with Crippen molar-refractivity contribution in [1.82, 2.24) is 10.6 Å². The van der Waals surface area contributed by atoms with Gasteiger partial charge in [0.15, 0.2) is 0 Å². The summed E-state index contributed by atoms with van der Waals surface area (Å²) in [4.78, 5) is 38.3. The van der Waals surface area contributed by atoms with E-state index in [1.807, 2.05) is 34.6 Å². The summed E-state index contributed by atoms with van der Waals surface area (Å²) in [6, 6.07) is -0.717. The van der Waals surface area contributed by atoms with Crippen LogP contribution in [0.2, 0.25) is 0 Å². The number of amides is 2. The summed E-state index contributed by atoms with van der Waals surface area (Å²) in [7, 11) is 1.55. The first-order valence-electron chi connectivity index (χ1n) is 11.8. The Hall–Kier alpha value is -1.59. The highest BCUT2D eigenvalue weighted by Crippen LogP contribution is 2.44. The average Bonchev–Trinajstić information content (AvgIpc) is 2.63. The number of likely N-dealkylation sites (N-methyl/N-ethyl adjacent to an activating group) is 1. The maximum Gasteiger partial charge on any atom is 0.307 e. The fraction of sp³-hybridized carbons (Fsp3) is 0.880. The number of rotatable bonds is 8. The predicted octanol–water partition coefficient (Wildman–Crippen LogP) is 4.48. The molecule has 1 saturated carbocycles. The molecule has 1 rings (SSSR count). The molecule has 2 amide bonds. The second-order valence-corrected chi connectivity index (χ2v) is 12.0. The van der Waals surface area contributed by atoms with E-state index >= 15 is 0 Å². The van der Waals surface area contributed by atoms with Crippen molar-refractivity contribution >= 4 is 17.8 Å². The number of carboxylic acid groups (broad SMARTS) is 1. The third-order valence-electron chi connectivity index (χ3n) is 6.95. The van der Waals surface area contributed by atoms with E-state index in [0.29, 0.717) is 12.3 Å². The lowest BCUT2D eigenvalue weighted by atomic mass is 9.65. The van der Waals surface area contributed by atoms with Gasteiger partial charge in [0.1, 0.15) is 6.04 Å². The van der Waals surface area contributed by atoms with E-state index in [2.05, 4.69) is 31.4 Å². The first kappa shape index (κ1) is 27.4. The van der Waals surface area contributed by atoms with Crippen molar-refractivity contribution in [2.75, 3.05) is 7.05 Å². The molecule has 6 heteroatoms. The first-order valence-corrected chi connectivity index (χ1v) is 11.8. The largest absolute Gasteiger partial charge is 0.481 e. The van der Waals surface area contributed by atoms with Crippen molar-refractivity contribution in [3.63, 3.8) is 0 Å². The summed E-state index contributed by atoms with van der Waals surface area (Å²) in [6.45, 7) is 16.4. The molecule has 6 nitrogen and oxygen atoms in total. The summed E-state index contributed by atoms with van der Waals surface area (Å²) >= 11 is 0. The fourth-order valence-electron chi connectivity index (χ4n) is 5.04. The smallest absolute Gasteiger partial charge is 0.307 e. The van der Waals surface area contributed by atoms with Crippen LogP contribution >= 0.6 is 0 Å². The summed E-state index contributed by atoms with van der Waals surface area (Å²) < 4.78 is 0. The molecule has 0 aliphatic heterocycles. The Morgan fingerprint density at radius 2 is 1.45 bits per heavy atom. The van der Waals surface area contributed by atoms with Gasteiger partial charge in [-0.05, 0) is 60.7 Å². The van der Waals surface area contributed by atoms with Crippen LogP contribution in [0.25, 0.3) is 0 Å². The van der Waals surface area contributed by atoms with Gasteiger partial charge in [-0.3, -0.25) is 14.4 Å². The minimum atomic E-state index is -0.896. The van der Waals surface area contributed by atoms with Gasteiger partial charge < -0.3 is 15.7 Å². The molecule has 1 aliphatic rings. The standard InChI is InChI=1S/C25H46N2O4/c1-15(2)14-18(21(28)27-20(22(29)26-9)25(6,7)8)19(23(30)31)16-10-12-17(13-11-16)24(3,4)5/h15-20H,10-14H2,1-9H3,(H,26,29)(H,27,28)(H,30,31)/t16?,17?,18-,19+,20-/m1/s1. The van der Waals surface area contributed by atoms with Gasteiger partial charge >= 0.3 is 5.97 Å². The predicted molar refractivity (Wildman–Crippen MR) is 124 cm³/mol. The lowest BCUT2D eigenvalue weighted by molar-refractivity contribution is -0.152. The third-order valence-corrected chi connectivity index (χ3v) is 6.95. The van der Waals surface area contributed by atoms with Crippen molar-refractivity contribution in [2.24, 2.45) is 40.4 Å².